The summed E-state index contributed by atoms with van der Waals surface area (Å²) in [6.45, 7) is -2.16. The van der Waals surface area contributed by atoms with E-state index in [1.807, 2.05) is 0 Å². The van der Waals surface area contributed by atoms with Crippen LogP contribution in [0.1, 0.15) is 6.42 Å². The van der Waals surface area contributed by atoms with Crippen molar-refractivity contribution in [1.82, 2.24) is 4.90 Å². The molecule has 1 amide bonds. The van der Waals surface area contributed by atoms with Gasteiger partial charge >= 0.3 is 18.1 Å². The van der Waals surface area contributed by atoms with Crippen LogP contribution in [0.25, 0.3) is 0 Å². The first-order chi connectivity index (χ1) is 7.11. The number of hydrogen-bond acceptors (Lipinski definition) is 3. The first kappa shape index (κ1) is 14.2. The van der Waals surface area contributed by atoms with Gasteiger partial charge in [0.1, 0.15) is 19.5 Å². The fourth-order valence-corrected chi connectivity index (χ4v) is 0.842. The second kappa shape index (κ2) is 5.33. The summed E-state index contributed by atoms with van der Waals surface area (Å²) >= 11 is 0. The highest BCUT2D eigenvalue weighted by atomic mass is 19.4. The number of halogens is 3. The molecule has 0 aromatic heterocycles. The monoisotopic (exact) mass is 243 g/mol. The number of alkyl halides is 3. The lowest BCUT2D eigenvalue weighted by atomic mass is 10.3. The number of amides is 1. The molecule has 0 heterocycles. The lowest BCUT2D eigenvalue weighted by molar-refractivity contribution is -0.166. The maximum Gasteiger partial charge on any atom is 0.397 e. The van der Waals surface area contributed by atoms with Crippen molar-refractivity contribution in [3.8, 4) is 0 Å². The lowest BCUT2D eigenvalue weighted by Gasteiger charge is -2.19. The summed E-state index contributed by atoms with van der Waals surface area (Å²) in [5.74, 6) is -4.76. The SMILES string of the molecule is O=C(O)CN(CC(=O)O)C(=O)CC(F)(F)F. The molecule has 0 rings (SSSR count). The van der Waals surface area contributed by atoms with Crippen LogP contribution in [-0.2, 0) is 14.4 Å². The second-order valence-corrected chi connectivity index (χ2v) is 2.83. The zero-order valence-electron chi connectivity index (χ0n) is 7.82. The maximum absolute atomic E-state index is 11.8. The number of nitrogens with zero attached hydrogens (tertiary/aromatic N) is 1. The highest BCUT2D eigenvalue weighted by molar-refractivity contribution is 5.85. The van der Waals surface area contributed by atoms with Gasteiger partial charge in [-0.15, -0.1) is 0 Å². The second-order valence-electron chi connectivity index (χ2n) is 2.83. The Hall–Kier alpha value is -1.80. The summed E-state index contributed by atoms with van der Waals surface area (Å²) in [4.78, 5) is 31.4. The summed E-state index contributed by atoms with van der Waals surface area (Å²) in [6.07, 6.45) is -6.68. The van der Waals surface area contributed by atoms with Crippen molar-refractivity contribution in [1.29, 1.82) is 0 Å². The molecule has 0 aliphatic heterocycles. The Kier molecular flexibility index (Phi) is 4.73. The van der Waals surface area contributed by atoms with Gasteiger partial charge in [0.25, 0.3) is 0 Å². The Morgan fingerprint density at radius 3 is 1.62 bits per heavy atom. The molecule has 6 nitrogen and oxygen atoms in total. The highest BCUT2D eigenvalue weighted by Crippen LogP contribution is 2.20. The number of aliphatic carboxylic acids is 2. The lowest BCUT2D eigenvalue weighted by Crippen LogP contribution is -2.41. The molecule has 0 aromatic rings. The molecular weight excluding hydrogens is 235 g/mol. The quantitative estimate of drug-likeness (QED) is 0.705. The molecule has 0 spiro atoms. The Labute approximate surface area is 87.3 Å². The van der Waals surface area contributed by atoms with Crippen molar-refractivity contribution in [2.75, 3.05) is 13.1 Å². The molecule has 0 aromatic carbocycles. The van der Waals surface area contributed by atoms with Gasteiger partial charge in [-0.05, 0) is 0 Å². The zero-order valence-corrected chi connectivity index (χ0v) is 7.82. The van der Waals surface area contributed by atoms with Crippen molar-refractivity contribution in [3.63, 3.8) is 0 Å². The Morgan fingerprint density at radius 1 is 1.00 bits per heavy atom. The van der Waals surface area contributed by atoms with E-state index >= 15 is 0 Å². The molecule has 2 N–H and O–H groups in total. The summed E-state index contributed by atoms with van der Waals surface area (Å²) < 4.78 is 35.4. The van der Waals surface area contributed by atoms with E-state index in [-0.39, 0.29) is 4.90 Å². The minimum Gasteiger partial charge on any atom is -0.480 e. The first-order valence-electron chi connectivity index (χ1n) is 3.90. The number of rotatable bonds is 5. The van der Waals surface area contributed by atoms with Crippen LogP contribution < -0.4 is 0 Å². The standard InChI is InChI=1S/C7H8F3NO5/c8-7(9,10)1-4(12)11(2-5(13)14)3-6(15)16/h1-3H2,(H,13,14)(H,15,16). The normalized spacial score (nSPS) is 10.9. The Balaban J connectivity index is 4.56. The van der Waals surface area contributed by atoms with Crippen molar-refractivity contribution in [2.24, 2.45) is 0 Å². The van der Waals surface area contributed by atoms with Crippen LogP contribution in [0.15, 0.2) is 0 Å². The van der Waals surface area contributed by atoms with Gasteiger partial charge in [-0.2, -0.15) is 13.2 Å². The smallest absolute Gasteiger partial charge is 0.397 e. The summed E-state index contributed by atoms with van der Waals surface area (Å²) in [7, 11) is 0. The molecule has 0 atom stereocenters. The molecule has 0 saturated carbocycles. The molecule has 92 valence electrons. The van der Waals surface area contributed by atoms with Crippen molar-refractivity contribution >= 4 is 17.8 Å². The molecule has 0 fully saturated rings. The van der Waals surface area contributed by atoms with Crippen LogP contribution in [0.2, 0.25) is 0 Å². The molecule has 9 heteroatoms. The van der Waals surface area contributed by atoms with Gasteiger partial charge in [-0.25, -0.2) is 0 Å². The third kappa shape index (κ3) is 6.62. The molecule has 0 bridgehead atoms. The third-order valence-corrected chi connectivity index (χ3v) is 1.36. The van der Waals surface area contributed by atoms with Gasteiger partial charge in [0, 0.05) is 0 Å². The van der Waals surface area contributed by atoms with Crippen LogP contribution in [0.4, 0.5) is 13.2 Å². The number of carboxylic acid groups (broad SMARTS) is 2. The van der Waals surface area contributed by atoms with E-state index in [4.69, 9.17) is 10.2 Å². The summed E-state index contributed by atoms with van der Waals surface area (Å²) in [5.41, 5.74) is 0. The first-order valence-corrected chi connectivity index (χ1v) is 3.90. The van der Waals surface area contributed by atoms with E-state index in [1.54, 1.807) is 0 Å². The van der Waals surface area contributed by atoms with Gasteiger partial charge in [0.2, 0.25) is 5.91 Å². The van der Waals surface area contributed by atoms with Crippen molar-refractivity contribution in [3.05, 3.63) is 0 Å². The molecule has 16 heavy (non-hydrogen) atoms. The van der Waals surface area contributed by atoms with Crippen molar-refractivity contribution in [2.45, 2.75) is 12.6 Å². The van der Waals surface area contributed by atoms with Gasteiger partial charge < -0.3 is 15.1 Å². The Morgan fingerprint density at radius 2 is 1.38 bits per heavy atom. The molecule has 0 saturated heterocycles. The summed E-state index contributed by atoms with van der Waals surface area (Å²) in [6, 6.07) is 0. The summed E-state index contributed by atoms with van der Waals surface area (Å²) in [5, 5.41) is 16.6. The highest BCUT2D eigenvalue weighted by Gasteiger charge is 2.34. The van der Waals surface area contributed by atoms with E-state index in [0.29, 0.717) is 0 Å². The van der Waals surface area contributed by atoms with Crippen LogP contribution in [0.3, 0.4) is 0 Å². The van der Waals surface area contributed by atoms with E-state index in [2.05, 4.69) is 0 Å². The van der Waals surface area contributed by atoms with Gasteiger partial charge in [0.05, 0.1) is 0 Å². The molecule has 0 radical (unpaired) electrons. The third-order valence-electron chi connectivity index (χ3n) is 1.36. The van der Waals surface area contributed by atoms with Gasteiger partial charge in [0.15, 0.2) is 0 Å². The van der Waals surface area contributed by atoms with Gasteiger partial charge in [-0.3, -0.25) is 14.4 Å². The number of carbonyl (C=O) groups is 3. The van der Waals surface area contributed by atoms with Crippen LogP contribution in [0, 0.1) is 0 Å². The van der Waals surface area contributed by atoms with Crippen LogP contribution in [-0.4, -0.2) is 52.2 Å². The van der Waals surface area contributed by atoms with Crippen LogP contribution in [0.5, 0.6) is 0 Å². The largest absolute Gasteiger partial charge is 0.480 e. The maximum atomic E-state index is 11.8. The van der Waals surface area contributed by atoms with E-state index in [1.165, 1.54) is 0 Å². The minimum atomic E-state index is -4.80. The van der Waals surface area contributed by atoms with E-state index in [0.717, 1.165) is 0 Å². The molecule has 0 aliphatic rings. The fraction of sp³-hybridized carbons (Fsp3) is 0.571. The topological polar surface area (TPSA) is 94.9 Å². The number of hydrogen-bond donors (Lipinski definition) is 2. The van der Waals surface area contributed by atoms with Crippen molar-refractivity contribution < 1.29 is 37.8 Å². The average Bonchev–Trinajstić information content (AvgIpc) is 1.97. The number of carbonyl (C=O) groups excluding carboxylic acids is 1. The molecule has 0 unspecified atom stereocenters. The zero-order chi connectivity index (χ0) is 12.9. The van der Waals surface area contributed by atoms with E-state index < -0.39 is 43.5 Å². The molecular formula is C7H8F3NO5. The predicted octanol–water partition coefficient (Wildman–Crippen LogP) is -0.0634. The Bertz CT molecular complexity index is 285. The van der Waals surface area contributed by atoms with E-state index in [9.17, 15) is 27.6 Å². The van der Waals surface area contributed by atoms with Gasteiger partial charge in [-0.1, -0.05) is 0 Å². The average molecular weight is 243 g/mol. The van der Waals surface area contributed by atoms with Crippen LogP contribution >= 0.6 is 0 Å². The minimum absolute atomic E-state index is 0.109. The molecule has 0 aliphatic carbocycles. The fourth-order valence-electron chi connectivity index (χ4n) is 0.842. The predicted molar refractivity (Wildman–Crippen MR) is 42.5 cm³/mol. The number of carboxylic acids is 2.